The summed E-state index contributed by atoms with van der Waals surface area (Å²) in [6, 6.07) is 10.3. The van der Waals surface area contributed by atoms with Gasteiger partial charge in [0.05, 0.1) is 6.04 Å². The fraction of sp³-hybridized carbons (Fsp3) is 0.357. The van der Waals surface area contributed by atoms with E-state index < -0.39 is 0 Å². The van der Waals surface area contributed by atoms with Crippen molar-refractivity contribution < 1.29 is 4.79 Å². The number of hydrogen-bond acceptors (Lipinski definition) is 1. The van der Waals surface area contributed by atoms with Crippen molar-refractivity contribution in [3.8, 4) is 0 Å². The van der Waals surface area contributed by atoms with E-state index in [1.165, 1.54) is 5.56 Å². The van der Waals surface area contributed by atoms with Gasteiger partial charge in [0.2, 0.25) is 5.91 Å². The molecule has 1 aliphatic heterocycles. The predicted octanol–water partition coefficient (Wildman–Crippen LogP) is 2.78. The van der Waals surface area contributed by atoms with Crippen molar-refractivity contribution in [1.29, 1.82) is 0 Å². The van der Waals surface area contributed by atoms with Crippen molar-refractivity contribution >= 4 is 5.91 Å². The molecule has 0 saturated carbocycles. The van der Waals surface area contributed by atoms with Crippen molar-refractivity contribution in [2.24, 2.45) is 5.92 Å². The molecule has 0 radical (unpaired) electrons. The van der Waals surface area contributed by atoms with Crippen LogP contribution in [0.4, 0.5) is 0 Å². The van der Waals surface area contributed by atoms with Gasteiger partial charge in [-0.2, -0.15) is 0 Å². The summed E-state index contributed by atoms with van der Waals surface area (Å²) in [5.74, 6) is 0.555. The number of amides is 1. The maximum absolute atomic E-state index is 11.8. The molecular formula is C14H17NO. The van der Waals surface area contributed by atoms with E-state index in [1.807, 2.05) is 29.2 Å². The minimum Gasteiger partial charge on any atom is -0.335 e. The number of likely N-dealkylation sites (tertiary alicyclic amines) is 1. The Morgan fingerprint density at radius 1 is 1.44 bits per heavy atom. The molecule has 1 amide bonds. The summed E-state index contributed by atoms with van der Waals surface area (Å²) in [6.07, 6.45) is 2.50. The molecule has 84 valence electrons. The fourth-order valence-electron chi connectivity index (χ4n) is 2.20. The highest BCUT2D eigenvalue weighted by atomic mass is 16.2. The second kappa shape index (κ2) is 4.52. The molecule has 1 aliphatic rings. The molecule has 0 N–H and O–H groups in total. The van der Waals surface area contributed by atoms with Crippen molar-refractivity contribution in [2.75, 3.05) is 6.54 Å². The highest BCUT2D eigenvalue weighted by Gasteiger charge is 2.31. The first-order valence-corrected chi connectivity index (χ1v) is 5.69. The van der Waals surface area contributed by atoms with Crippen LogP contribution in [0.2, 0.25) is 0 Å². The molecule has 0 aromatic heterocycles. The third kappa shape index (κ3) is 2.01. The average Bonchev–Trinajstić information content (AvgIpc) is 2.71. The van der Waals surface area contributed by atoms with Crippen LogP contribution in [0.5, 0.6) is 0 Å². The molecule has 1 saturated heterocycles. The van der Waals surface area contributed by atoms with Gasteiger partial charge in [-0.25, -0.2) is 0 Å². The number of benzene rings is 1. The standard InChI is InChI=1S/C14H17NO/c1-3-12-9-14(16)15(10-12)11(2)13-7-5-4-6-8-13/h3-8,11-12H,1,9-10H2,2H3/t11-,12+/m1/s1. The molecule has 2 atom stereocenters. The molecule has 0 aliphatic carbocycles. The van der Waals surface area contributed by atoms with Crippen molar-refractivity contribution in [2.45, 2.75) is 19.4 Å². The largest absolute Gasteiger partial charge is 0.335 e. The summed E-state index contributed by atoms with van der Waals surface area (Å²) in [4.78, 5) is 13.8. The zero-order valence-corrected chi connectivity index (χ0v) is 9.60. The molecule has 1 heterocycles. The Labute approximate surface area is 96.6 Å². The van der Waals surface area contributed by atoms with Crippen LogP contribution < -0.4 is 0 Å². The van der Waals surface area contributed by atoms with E-state index in [9.17, 15) is 4.79 Å². The molecule has 1 aromatic rings. The van der Waals surface area contributed by atoms with Gasteiger partial charge in [0.1, 0.15) is 0 Å². The molecule has 0 bridgehead atoms. The van der Waals surface area contributed by atoms with Crippen LogP contribution in [0.15, 0.2) is 43.0 Å². The summed E-state index contributed by atoms with van der Waals surface area (Å²) >= 11 is 0. The third-order valence-corrected chi connectivity index (χ3v) is 3.27. The van der Waals surface area contributed by atoms with Crippen LogP contribution in [-0.4, -0.2) is 17.4 Å². The SMILES string of the molecule is C=C[C@H]1CC(=O)N([C@H](C)c2ccccc2)C1. The quantitative estimate of drug-likeness (QED) is 0.710. The van der Waals surface area contributed by atoms with Gasteiger partial charge in [0, 0.05) is 18.9 Å². The van der Waals surface area contributed by atoms with Crippen molar-refractivity contribution in [1.82, 2.24) is 4.90 Å². The van der Waals surface area contributed by atoms with E-state index >= 15 is 0 Å². The van der Waals surface area contributed by atoms with Crippen LogP contribution in [0.25, 0.3) is 0 Å². The molecule has 1 fully saturated rings. The van der Waals surface area contributed by atoms with Gasteiger partial charge in [-0.3, -0.25) is 4.79 Å². The molecular weight excluding hydrogens is 198 g/mol. The normalized spacial score (nSPS) is 22.2. The van der Waals surface area contributed by atoms with Crippen LogP contribution >= 0.6 is 0 Å². The predicted molar refractivity (Wildman–Crippen MR) is 64.9 cm³/mol. The number of rotatable bonds is 3. The Morgan fingerprint density at radius 3 is 2.69 bits per heavy atom. The van der Waals surface area contributed by atoms with Gasteiger partial charge in [0.15, 0.2) is 0 Å². The van der Waals surface area contributed by atoms with E-state index in [-0.39, 0.29) is 11.9 Å². The molecule has 0 spiro atoms. The number of carbonyl (C=O) groups excluding carboxylic acids is 1. The zero-order valence-electron chi connectivity index (χ0n) is 9.60. The maximum Gasteiger partial charge on any atom is 0.223 e. The average molecular weight is 215 g/mol. The number of hydrogen-bond donors (Lipinski definition) is 0. The van der Waals surface area contributed by atoms with Gasteiger partial charge in [0.25, 0.3) is 0 Å². The van der Waals surface area contributed by atoms with Gasteiger partial charge < -0.3 is 4.90 Å². The van der Waals surface area contributed by atoms with Crippen molar-refractivity contribution in [3.05, 3.63) is 48.6 Å². The fourth-order valence-corrected chi connectivity index (χ4v) is 2.20. The molecule has 2 rings (SSSR count). The smallest absolute Gasteiger partial charge is 0.223 e. The topological polar surface area (TPSA) is 20.3 Å². The second-order valence-corrected chi connectivity index (χ2v) is 4.33. The maximum atomic E-state index is 11.8. The summed E-state index contributed by atoms with van der Waals surface area (Å²) in [6.45, 7) is 6.65. The number of carbonyl (C=O) groups is 1. The molecule has 1 aromatic carbocycles. The highest BCUT2D eigenvalue weighted by Crippen LogP contribution is 2.28. The van der Waals surface area contributed by atoms with Crippen molar-refractivity contribution in [3.63, 3.8) is 0 Å². The lowest BCUT2D eigenvalue weighted by Gasteiger charge is -2.25. The molecule has 2 nitrogen and oxygen atoms in total. The Balaban J connectivity index is 2.14. The van der Waals surface area contributed by atoms with Gasteiger partial charge >= 0.3 is 0 Å². The lowest BCUT2D eigenvalue weighted by molar-refractivity contribution is -0.129. The molecule has 2 heteroatoms. The highest BCUT2D eigenvalue weighted by molar-refractivity contribution is 5.79. The summed E-state index contributed by atoms with van der Waals surface area (Å²) in [7, 11) is 0. The van der Waals surface area contributed by atoms with E-state index in [0.717, 1.165) is 6.54 Å². The van der Waals surface area contributed by atoms with Gasteiger partial charge in [-0.05, 0) is 12.5 Å². The first-order chi connectivity index (χ1) is 7.72. The molecule has 0 unspecified atom stereocenters. The first kappa shape index (κ1) is 10.9. The van der Waals surface area contributed by atoms with E-state index in [2.05, 4.69) is 25.6 Å². The summed E-state index contributed by atoms with van der Waals surface area (Å²) < 4.78 is 0. The zero-order chi connectivity index (χ0) is 11.5. The lowest BCUT2D eigenvalue weighted by atomic mass is 10.1. The third-order valence-electron chi connectivity index (χ3n) is 3.27. The monoisotopic (exact) mass is 215 g/mol. The van der Waals surface area contributed by atoms with E-state index in [4.69, 9.17) is 0 Å². The summed E-state index contributed by atoms with van der Waals surface area (Å²) in [5.41, 5.74) is 1.19. The first-order valence-electron chi connectivity index (χ1n) is 5.69. The Kier molecular flexibility index (Phi) is 3.09. The Bertz CT molecular complexity index is 385. The lowest BCUT2D eigenvalue weighted by Crippen LogP contribution is -2.28. The van der Waals surface area contributed by atoms with Gasteiger partial charge in [-0.15, -0.1) is 6.58 Å². The van der Waals surface area contributed by atoms with E-state index in [1.54, 1.807) is 0 Å². The Morgan fingerprint density at radius 2 is 2.12 bits per heavy atom. The number of nitrogens with zero attached hydrogens (tertiary/aromatic N) is 1. The van der Waals surface area contributed by atoms with Crippen LogP contribution in [0.1, 0.15) is 24.9 Å². The van der Waals surface area contributed by atoms with Crippen LogP contribution in [0, 0.1) is 5.92 Å². The summed E-state index contributed by atoms with van der Waals surface area (Å²) in [5, 5.41) is 0. The molecule has 16 heavy (non-hydrogen) atoms. The minimum atomic E-state index is 0.165. The van der Waals surface area contributed by atoms with E-state index in [0.29, 0.717) is 12.3 Å². The van der Waals surface area contributed by atoms with Crippen LogP contribution in [-0.2, 0) is 4.79 Å². The minimum absolute atomic E-state index is 0.165. The Hall–Kier alpha value is -1.57. The van der Waals surface area contributed by atoms with Gasteiger partial charge in [-0.1, -0.05) is 36.4 Å². The van der Waals surface area contributed by atoms with Crippen LogP contribution in [0.3, 0.4) is 0 Å². The second-order valence-electron chi connectivity index (χ2n) is 4.33.